The second kappa shape index (κ2) is 7.57. The molecule has 0 amide bonds. The summed E-state index contributed by atoms with van der Waals surface area (Å²) < 4.78 is 6.35. The molecule has 0 aliphatic carbocycles. The van der Waals surface area contributed by atoms with Crippen molar-refractivity contribution in [3.8, 4) is 0 Å². The first-order valence-corrected chi connectivity index (χ1v) is 10.8. The van der Waals surface area contributed by atoms with Crippen LogP contribution < -0.4 is 0 Å². The van der Waals surface area contributed by atoms with Crippen molar-refractivity contribution in [1.82, 2.24) is 0 Å². The summed E-state index contributed by atoms with van der Waals surface area (Å²) in [6.07, 6.45) is 2.22. The maximum Gasteiger partial charge on any atom is 0.192 e. The zero-order chi connectivity index (χ0) is 16.1. The van der Waals surface area contributed by atoms with E-state index < -0.39 is 13.7 Å². The van der Waals surface area contributed by atoms with Gasteiger partial charge < -0.3 is 9.22 Å². The molecule has 0 N–H and O–H groups in total. The largest absolute Gasteiger partial charge is 0.412 e. The van der Waals surface area contributed by atoms with Gasteiger partial charge in [0.1, 0.15) is 11.7 Å². The molecule has 4 heteroatoms. The molecule has 21 heavy (non-hydrogen) atoms. The van der Waals surface area contributed by atoms with Gasteiger partial charge in [-0.2, -0.15) is 0 Å². The predicted octanol–water partition coefficient (Wildman–Crippen LogP) is 4.82. The third-order valence-electron chi connectivity index (χ3n) is 4.30. The van der Waals surface area contributed by atoms with E-state index >= 15 is 0 Å². The van der Waals surface area contributed by atoms with Crippen molar-refractivity contribution in [1.29, 1.82) is 0 Å². The Kier molecular flexibility index (Phi) is 6.63. The van der Waals surface area contributed by atoms with Gasteiger partial charge in [0.25, 0.3) is 0 Å². The smallest absolute Gasteiger partial charge is 0.192 e. The Morgan fingerprint density at radius 1 is 1.24 bits per heavy atom. The summed E-state index contributed by atoms with van der Waals surface area (Å²) in [6.45, 7) is 11.0. The Morgan fingerprint density at radius 3 is 2.29 bits per heavy atom. The van der Waals surface area contributed by atoms with Gasteiger partial charge in [-0.25, -0.2) is 0 Å². The number of aryl methyl sites for hydroxylation is 1. The van der Waals surface area contributed by atoms with Crippen LogP contribution in [0.5, 0.6) is 0 Å². The van der Waals surface area contributed by atoms with Crippen LogP contribution in [0.25, 0.3) is 0 Å². The molecule has 0 aliphatic rings. The van der Waals surface area contributed by atoms with Crippen LogP contribution in [0.2, 0.25) is 18.1 Å². The first kappa shape index (κ1) is 18.4. The summed E-state index contributed by atoms with van der Waals surface area (Å²) in [5, 5.41) is -0.472. The topological polar surface area (TPSA) is 26.3 Å². The van der Waals surface area contributed by atoms with E-state index in [1.54, 1.807) is 0 Å². The molecular weight excluding hydrogens is 300 g/mol. The van der Waals surface area contributed by atoms with E-state index in [4.69, 9.17) is 16.0 Å². The minimum absolute atomic E-state index is 0.109. The number of halogens is 1. The fraction of sp³-hybridized carbons (Fsp3) is 0.588. The van der Waals surface area contributed by atoms with Crippen molar-refractivity contribution in [2.75, 3.05) is 0 Å². The third kappa shape index (κ3) is 5.57. The van der Waals surface area contributed by atoms with Crippen molar-refractivity contribution < 1.29 is 9.22 Å². The van der Waals surface area contributed by atoms with E-state index in [-0.39, 0.29) is 11.1 Å². The van der Waals surface area contributed by atoms with Gasteiger partial charge in [-0.3, -0.25) is 0 Å². The van der Waals surface area contributed by atoms with Gasteiger partial charge >= 0.3 is 0 Å². The normalized spacial score (nSPS) is 15.5. The molecule has 0 saturated heterocycles. The molecule has 1 rings (SSSR count). The second-order valence-electron chi connectivity index (χ2n) is 7.02. The van der Waals surface area contributed by atoms with Crippen molar-refractivity contribution in [2.45, 2.75) is 63.2 Å². The number of aldehydes is 1. The Bertz CT molecular complexity index is 440. The van der Waals surface area contributed by atoms with Crippen molar-refractivity contribution >= 4 is 26.2 Å². The number of benzene rings is 1. The van der Waals surface area contributed by atoms with Gasteiger partial charge in [0.05, 0.1) is 6.10 Å². The standard InChI is InChI=1S/C17H27ClO2Si/c1-17(2,3)21(4,5)20-16(15(18)13-19)12-11-14-9-7-6-8-10-14/h6-10,13,15-16H,11-12H2,1-5H3/t15-,16+/m1/s1. The van der Waals surface area contributed by atoms with Crippen molar-refractivity contribution in [3.05, 3.63) is 35.9 Å². The van der Waals surface area contributed by atoms with Gasteiger partial charge in [-0.15, -0.1) is 11.6 Å². The van der Waals surface area contributed by atoms with E-state index in [2.05, 4.69) is 46.0 Å². The predicted molar refractivity (Wildman–Crippen MR) is 92.5 cm³/mol. The van der Waals surface area contributed by atoms with E-state index in [9.17, 15) is 4.79 Å². The molecule has 0 radical (unpaired) electrons. The molecular formula is C17H27ClO2Si. The molecule has 0 aromatic heterocycles. The van der Waals surface area contributed by atoms with E-state index in [0.29, 0.717) is 0 Å². The van der Waals surface area contributed by atoms with Crippen molar-refractivity contribution in [3.63, 3.8) is 0 Å². The summed E-state index contributed by atoms with van der Waals surface area (Å²) in [7, 11) is -1.93. The van der Waals surface area contributed by atoms with Gasteiger partial charge in [0.15, 0.2) is 8.32 Å². The van der Waals surface area contributed by atoms with Gasteiger partial charge in [-0.05, 0) is 36.5 Å². The molecule has 1 aromatic rings. The average molecular weight is 327 g/mol. The lowest BCUT2D eigenvalue weighted by Crippen LogP contribution is -2.46. The van der Waals surface area contributed by atoms with Gasteiger partial charge in [0.2, 0.25) is 0 Å². The fourth-order valence-corrected chi connectivity index (χ4v) is 3.52. The number of carbonyl (C=O) groups is 1. The lowest BCUT2D eigenvalue weighted by Gasteiger charge is -2.39. The minimum Gasteiger partial charge on any atom is -0.412 e. The fourth-order valence-electron chi connectivity index (χ4n) is 1.88. The van der Waals surface area contributed by atoms with E-state index in [0.717, 1.165) is 19.1 Å². The average Bonchev–Trinajstić information content (AvgIpc) is 2.42. The maximum atomic E-state index is 11.1. The summed E-state index contributed by atoms with van der Waals surface area (Å²) >= 11 is 6.18. The van der Waals surface area contributed by atoms with Crippen LogP contribution in [-0.4, -0.2) is 26.1 Å². The quantitative estimate of drug-likeness (QED) is 0.408. The number of hydrogen-bond acceptors (Lipinski definition) is 2. The molecule has 0 aliphatic heterocycles. The van der Waals surface area contributed by atoms with Crippen LogP contribution in [0.3, 0.4) is 0 Å². The van der Waals surface area contributed by atoms with E-state index in [1.165, 1.54) is 5.56 Å². The lowest BCUT2D eigenvalue weighted by molar-refractivity contribution is -0.109. The Hall–Kier alpha value is -0.643. The summed E-state index contributed by atoms with van der Waals surface area (Å²) in [5.41, 5.74) is 1.25. The molecule has 0 unspecified atom stereocenters. The number of alkyl halides is 1. The molecule has 1 aromatic carbocycles. The highest BCUT2D eigenvalue weighted by molar-refractivity contribution is 6.74. The van der Waals surface area contributed by atoms with Crippen LogP contribution in [0, 0.1) is 0 Å². The molecule has 0 spiro atoms. The molecule has 2 nitrogen and oxygen atoms in total. The molecule has 2 atom stereocenters. The highest BCUT2D eigenvalue weighted by atomic mass is 35.5. The van der Waals surface area contributed by atoms with E-state index in [1.807, 2.05) is 18.2 Å². The minimum atomic E-state index is -1.93. The highest BCUT2D eigenvalue weighted by Crippen LogP contribution is 2.38. The zero-order valence-corrected chi connectivity index (χ0v) is 15.5. The van der Waals surface area contributed by atoms with Crippen LogP contribution in [0.1, 0.15) is 32.8 Å². The number of carbonyl (C=O) groups excluding carboxylic acids is 1. The second-order valence-corrected chi connectivity index (χ2v) is 12.3. The van der Waals surface area contributed by atoms with Gasteiger partial charge in [-0.1, -0.05) is 51.1 Å². The molecule has 0 fully saturated rings. The van der Waals surface area contributed by atoms with Crippen LogP contribution in [-0.2, 0) is 15.6 Å². The zero-order valence-electron chi connectivity index (χ0n) is 13.7. The van der Waals surface area contributed by atoms with Gasteiger partial charge in [0, 0.05) is 0 Å². The summed E-state index contributed by atoms with van der Waals surface area (Å²) in [5.74, 6) is 0. The number of hydrogen-bond donors (Lipinski definition) is 0. The first-order chi connectivity index (χ1) is 9.67. The Morgan fingerprint density at radius 2 is 1.81 bits per heavy atom. The number of rotatable bonds is 7. The first-order valence-electron chi connectivity index (χ1n) is 7.48. The molecule has 0 bridgehead atoms. The lowest BCUT2D eigenvalue weighted by atomic mass is 10.1. The highest BCUT2D eigenvalue weighted by Gasteiger charge is 2.40. The monoisotopic (exact) mass is 326 g/mol. The maximum absolute atomic E-state index is 11.1. The summed E-state index contributed by atoms with van der Waals surface area (Å²) in [4.78, 5) is 11.1. The SMILES string of the molecule is CC(C)(C)[Si](C)(C)O[C@@H](CCc1ccccc1)[C@H](Cl)C=O. The Labute approximate surface area is 135 Å². The van der Waals surface area contributed by atoms with Crippen LogP contribution in [0.15, 0.2) is 30.3 Å². The van der Waals surface area contributed by atoms with Crippen LogP contribution in [0.4, 0.5) is 0 Å². The van der Waals surface area contributed by atoms with Crippen LogP contribution >= 0.6 is 11.6 Å². The molecule has 118 valence electrons. The Balaban J connectivity index is 2.75. The molecule has 0 heterocycles. The van der Waals surface area contributed by atoms with Crippen molar-refractivity contribution in [2.24, 2.45) is 0 Å². The molecule has 0 saturated carbocycles. The third-order valence-corrected chi connectivity index (χ3v) is 9.19. The summed E-state index contributed by atoms with van der Waals surface area (Å²) in [6, 6.07) is 10.2.